The number of phenols is 1. The number of hydrogen-bond donors (Lipinski definition) is 1. The van der Waals surface area contributed by atoms with Gasteiger partial charge in [0.25, 0.3) is 0 Å². The van der Waals surface area contributed by atoms with Crippen molar-refractivity contribution in [1.82, 2.24) is 4.98 Å². The van der Waals surface area contributed by atoms with Crippen LogP contribution >= 0.6 is 0 Å². The van der Waals surface area contributed by atoms with Gasteiger partial charge in [0.2, 0.25) is 0 Å². The number of hydrogen-bond acceptors (Lipinski definition) is 3. The van der Waals surface area contributed by atoms with Crippen LogP contribution in [0, 0.1) is 0 Å². The number of nitrogens with zero attached hydrogens (tertiary/aromatic N) is 1. The highest BCUT2D eigenvalue weighted by molar-refractivity contribution is 5.81. The molecule has 1 heterocycles. The molecule has 2 aromatic carbocycles. The molecule has 3 aromatic rings. The lowest BCUT2D eigenvalue weighted by atomic mass is 10.1. The van der Waals surface area contributed by atoms with Crippen LogP contribution in [0.25, 0.3) is 10.9 Å². The molecule has 3 rings (SSSR count). The van der Waals surface area contributed by atoms with Gasteiger partial charge in [-0.25, -0.2) is 0 Å². The predicted molar refractivity (Wildman–Crippen MR) is 74.2 cm³/mol. The normalized spacial score (nSPS) is 10.5. The number of fused-ring (bicyclic) bond motifs is 1. The van der Waals surface area contributed by atoms with Crippen molar-refractivity contribution in [1.29, 1.82) is 0 Å². The van der Waals surface area contributed by atoms with E-state index < -0.39 is 0 Å². The van der Waals surface area contributed by atoms with E-state index in [9.17, 15) is 5.11 Å². The highest BCUT2D eigenvalue weighted by Gasteiger charge is 2.02. The zero-order valence-electron chi connectivity index (χ0n) is 10.3. The summed E-state index contributed by atoms with van der Waals surface area (Å²) in [6.07, 6.45) is 1.79. The summed E-state index contributed by atoms with van der Waals surface area (Å²) in [6, 6.07) is 16.7. The van der Waals surface area contributed by atoms with Gasteiger partial charge in [-0.05, 0) is 36.4 Å². The van der Waals surface area contributed by atoms with Crippen LogP contribution in [0.5, 0.6) is 11.5 Å². The summed E-state index contributed by atoms with van der Waals surface area (Å²) in [4.78, 5) is 4.32. The lowest BCUT2D eigenvalue weighted by molar-refractivity contribution is 0.307. The Morgan fingerprint density at radius 1 is 0.947 bits per heavy atom. The van der Waals surface area contributed by atoms with Gasteiger partial charge in [0, 0.05) is 17.1 Å². The maximum Gasteiger partial charge on any atom is 0.120 e. The van der Waals surface area contributed by atoms with E-state index >= 15 is 0 Å². The lowest BCUT2D eigenvalue weighted by Crippen LogP contribution is -1.96. The fourth-order valence-electron chi connectivity index (χ4n) is 1.98. The summed E-state index contributed by atoms with van der Waals surface area (Å²) in [5.41, 5.74) is 2.06. The summed E-state index contributed by atoms with van der Waals surface area (Å²) in [5.74, 6) is 0.973. The molecule has 0 unspecified atom stereocenters. The molecule has 0 radical (unpaired) electrons. The summed E-state index contributed by atoms with van der Waals surface area (Å²) in [7, 11) is 0. The SMILES string of the molecule is Oc1ccc(OCc2ccnc3ccccc23)cc1. The maximum absolute atomic E-state index is 9.22. The summed E-state index contributed by atoms with van der Waals surface area (Å²) in [5, 5.41) is 10.3. The molecule has 1 aromatic heterocycles. The van der Waals surface area contributed by atoms with E-state index in [1.807, 2.05) is 30.3 Å². The van der Waals surface area contributed by atoms with E-state index in [1.54, 1.807) is 30.5 Å². The molecular formula is C16H13NO2. The van der Waals surface area contributed by atoms with Gasteiger partial charge in [0.1, 0.15) is 18.1 Å². The van der Waals surface area contributed by atoms with Crippen molar-refractivity contribution in [3.8, 4) is 11.5 Å². The molecule has 1 N–H and O–H groups in total. The zero-order chi connectivity index (χ0) is 13.1. The molecule has 0 aliphatic heterocycles. The van der Waals surface area contributed by atoms with Crippen LogP contribution in [0.4, 0.5) is 0 Å². The number of rotatable bonds is 3. The first-order chi connectivity index (χ1) is 9.33. The minimum atomic E-state index is 0.238. The van der Waals surface area contributed by atoms with Crippen molar-refractivity contribution in [2.75, 3.05) is 0 Å². The van der Waals surface area contributed by atoms with Crippen molar-refractivity contribution in [2.24, 2.45) is 0 Å². The van der Waals surface area contributed by atoms with Gasteiger partial charge in [0.15, 0.2) is 0 Å². The van der Waals surface area contributed by atoms with Crippen molar-refractivity contribution < 1.29 is 9.84 Å². The molecule has 0 aliphatic rings. The summed E-state index contributed by atoms with van der Waals surface area (Å²) in [6.45, 7) is 0.480. The minimum absolute atomic E-state index is 0.238. The first kappa shape index (κ1) is 11.5. The Morgan fingerprint density at radius 3 is 2.58 bits per heavy atom. The van der Waals surface area contributed by atoms with Crippen LogP contribution in [0.1, 0.15) is 5.56 Å². The van der Waals surface area contributed by atoms with Crippen LogP contribution < -0.4 is 4.74 Å². The van der Waals surface area contributed by atoms with Crippen molar-refractivity contribution in [2.45, 2.75) is 6.61 Å². The number of benzene rings is 2. The highest BCUT2D eigenvalue weighted by Crippen LogP contribution is 2.20. The quantitative estimate of drug-likeness (QED) is 0.774. The molecule has 0 saturated carbocycles. The first-order valence-electron chi connectivity index (χ1n) is 6.07. The highest BCUT2D eigenvalue weighted by atomic mass is 16.5. The van der Waals surface area contributed by atoms with Gasteiger partial charge in [-0.15, -0.1) is 0 Å². The van der Waals surface area contributed by atoms with Crippen molar-refractivity contribution in [3.63, 3.8) is 0 Å². The maximum atomic E-state index is 9.22. The molecule has 19 heavy (non-hydrogen) atoms. The summed E-state index contributed by atoms with van der Waals surface area (Å²) >= 11 is 0. The molecular weight excluding hydrogens is 238 g/mol. The lowest BCUT2D eigenvalue weighted by Gasteiger charge is -2.08. The average Bonchev–Trinajstić information content (AvgIpc) is 2.47. The molecule has 0 atom stereocenters. The first-order valence-corrected chi connectivity index (χ1v) is 6.07. The molecule has 0 spiro atoms. The van der Waals surface area contributed by atoms with Crippen molar-refractivity contribution >= 4 is 10.9 Å². The fourth-order valence-corrected chi connectivity index (χ4v) is 1.98. The zero-order valence-corrected chi connectivity index (χ0v) is 10.3. The van der Waals surface area contributed by atoms with Crippen molar-refractivity contribution in [3.05, 3.63) is 66.4 Å². The Labute approximate surface area is 111 Å². The number of phenolic OH excluding ortho intramolecular Hbond substituents is 1. The van der Waals surface area contributed by atoms with E-state index in [2.05, 4.69) is 4.98 Å². The second kappa shape index (κ2) is 4.98. The third-order valence-electron chi connectivity index (χ3n) is 2.97. The molecule has 0 amide bonds. The second-order valence-corrected chi connectivity index (χ2v) is 4.27. The van der Waals surface area contributed by atoms with Gasteiger partial charge >= 0.3 is 0 Å². The van der Waals surface area contributed by atoms with Gasteiger partial charge in [-0.2, -0.15) is 0 Å². The van der Waals surface area contributed by atoms with Crippen LogP contribution in [0.3, 0.4) is 0 Å². The molecule has 3 nitrogen and oxygen atoms in total. The van der Waals surface area contributed by atoms with E-state index in [1.165, 1.54) is 0 Å². The number of aromatic hydroxyl groups is 1. The van der Waals surface area contributed by atoms with Crippen LogP contribution in [-0.2, 0) is 6.61 Å². The monoisotopic (exact) mass is 251 g/mol. The van der Waals surface area contributed by atoms with Crippen LogP contribution in [0.2, 0.25) is 0 Å². The number of aromatic nitrogens is 1. The molecule has 3 heteroatoms. The second-order valence-electron chi connectivity index (χ2n) is 4.27. The Bertz CT molecular complexity index is 687. The van der Waals surface area contributed by atoms with E-state index in [-0.39, 0.29) is 5.75 Å². The van der Waals surface area contributed by atoms with Gasteiger partial charge in [-0.3, -0.25) is 4.98 Å². The molecule has 0 aliphatic carbocycles. The smallest absolute Gasteiger partial charge is 0.120 e. The molecule has 0 bridgehead atoms. The molecule has 0 fully saturated rings. The fraction of sp³-hybridized carbons (Fsp3) is 0.0625. The predicted octanol–water partition coefficient (Wildman–Crippen LogP) is 3.52. The Hall–Kier alpha value is -2.55. The number of para-hydroxylation sites is 1. The average molecular weight is 251 g/mol. The largest absolute Gasteiger partial charge is 0.508 e. The van der Waals surface area contributed by atoms with Crippen LogP contribution in [-0.4, -0.2) is 10.1 Å². The Morgan fingerprint density at radius 2 is 1.74 bits per heavy atom. The van der Waals surface area contributed by atoms with E-state index in [4.69, 9.17) is 4.74 Å². The standard InChI is InChI=1S/C16H13NO2/c18-13-5-7-14(8-6-13)19-11-12-9-10-17-16-4-2-1-3-15(12)16/h1-10,18H,11H2. The van der Waals surface area contributed by atoms with Gasteiger partial charge < -0.3 is 9.84 Å². The minimum Gasteiger partial charge on any atom is -0.508 e. The van der Waals surface area contributed by atoms with Crippen LogP contribution in [0.15, 0.2) is 60.8 Å². The Balaban J connectivity index is 1.84. The number of ether oxygens (including phenoxy) is 1. The van der Waals surface area contributed by atoms with E-state index in [0.717, 1.165) is 22.2 Å². The molecule has 0 saturated heterocycles. The topological polar surface area (TPSA) is 42.4 Å². The number of pyridine rings is 1. The van der Waals surface area contributed by atoms with Gasteiger partial charge in [-0.1, -0.05) is 18.2 Å². The van der Waals surface area contributed by atoms with Gasteiger partial charge in [0.05, 0.1) is 5.52 Å². The Kier molecular flexibility index (Phi) is 3.02. The van der Waals surface area contributed by atoms with E-state index in [0.29, 0.717) is 6.61 Å². The molecule has 94 valence electrons. The summed E-state index contributed by atoms with van der Waals surface area (Å²) < 4.78 is 5.72. The third-order valence-corrected chi connectivity index (χ3v) is 2.97. The third kappa shape index (κ3) is 2.50.